The maximum absolute atomic E-state index is 3.74. The Hall–Kier alpha value is 0.130. The molecule has 0 bridgehead atoms. The lowest BCUT2D eigenvalue weighted by Crippen LogP contribution is -2.14. The van der Waals surface area contributed by atoms with Crippen LogP contribution in [0, 0.1) is 2.88 Å². The highest BCUT2D eigenvalue weighted by Crippen LogP contribution is 2.24. The molecule has 1 aromatic heterocycles. The maximum atomic E-state index is 3.74. The Balaban J connectivity index is 2.72. The minimum absolute atomic E-state index is 0.433. The summed E-state index contributed by atoms with van der Waals surface area (Å²) >= 11 is 4.13. The molecule has 0 aliphatic heterocycles. The Kier molecular flexibility index (Phi) is 4.25. The predicted octanol–water partition coefficient (Wildman–Crippen LogP) is 3.19. The SMILES string of the molecule is C=CCC(NC)c1csc(I)c1. The molecule has 0 aliphatic rings. The molecule has 1 unspecified atom stereocenters. The molecule has 0 radical (unpaired) electrons. The van der Waals surface area contributed by atoms with Crippen molar-refractivity contribution in [3.05, 3.63) is 32.5 Å². The molecule has 0 saturated carbocycles. The molecule has 0 amide bonds. The Bertz CT molecular complexity index is 257. The van der Waals surface area contributed by atoms with Crippen LogP contribution in [0.15, 0.2) is 24.1 Å². The quantitative estimate of drug-likeness (QED) is 0.664. The van der Waals surface area contributed by atoms with Gasteiger partial charge in [-0.3, -0.25) is 0 Å². The van der Waals surface area contributed by atoms with Crippen molar-refractivity contribution in [1.82, 2.24) is 5.32 Å². The predicted molar refractivity (Wildman–Crippen MR) is 63.7 cm³/mol. The van der Waals surface area contributed by atoms with E-state index in [0.717, 1.165) is 6.42 Å². The lowest BCUT2D eigenvalue weighted by Gasteiger charge is -2.11. The fourth-order valence-corrected chi connectivity index (χ4v) is 2.52. The van der Waals surface area contributed by atoms with Gasteiger partial charge in [-0.05, 0) is 53.1 Å². The molecule has 0 saturated heterocycles. The molecule has 0 aliphatic carbocycles. The van der Waals surface area contributed by atoms with Crippen LogP contribution in [0.3, 0.4) is 0 Å². The third kappa shape index (κ3) is 2.57. The molecule has 1 aromatic rings. The molecule has 0 fully saturated rings. The average molecular weight is 293 g/mol. The van der Waals surface area contributed by atoms with Crippen LogP contribution in [0.2, 0.25) is 0 Å². The molecular formula is C9H12INS. The van der Waals surface area contributed by atoms with E-state index in [1.165, 1.54) is 8.45 Å². The number of hydrogen-bond donors (Lipinski definition) is 1. The first-order valence-electron chi connectivity index (χ1n) is 3.80. The first-order chi connectivity index (χ1) is 5.77. The summed E-state index contributed by atoms with van der Waals surface area (Å²) in [4.78, 5) is 0. The van der Waals surface area contributed by atoms with Crippen LogP contribution in [0.5, 0.6) is 0 Å². The highest BCUT2D eigenvalue weighted by Gasteiger charge is 2.08. The Morgan fingerprint density at radius 3 is 3.00 bits per heavy atom. The lowest BCUT2D eigenvalue weighted by molar-refractivity contribution is 0.605. The number of nitrogens with one attached hydrogen (secondary N) is 1. The standard InChI is InChI=1S/C9H12INS/c1-3-4-8(11-2)7-5-9(10)12-6-7/h3,5-6,8,11H,1,4H2,2H3. The van der Waals surface area contributed by atoms with Crippen molar-refractivity contribution in [3.8, 4) is 0 Å². The molecule has 3 heteroatoms. The van der Waals surface area contributed by atoms with Gasteiger partial charge in [-0.25, -0.2) is 0 Å². The smallest absolute Gasteiger partial charge is 0.0656 e. The topological polar surface area (TPSA) is 12.0 Å². The van der Waals surface area contributed by atoms with Gasteiger partial charge in [0.1, 0.15) is 0 Å². The van der Waals surface area contributed by atoms with E-state index >= 15 is 0 Å². The zero-order chi connectivity index (χ0) is 8.97. The summed E-state index contributed by atoms with van der Waals surface area (Å²) in [5.41, 5.74) is 1.37. The maximum Gasteiger partial charge on any atom is 0.0656 e. The first kappa shape index (κ1) is 10.2. The van der Waals surface area contributed by atoms with Crippen molar-refractivity contribution in [1.29, 1.82) is 0 Å². The van der Waals surface area contributed by atoms with Crippen LogP contribution in [0.4, 0.5) is 0 Å². The van der Waals surface area contributed by atoms with Crippen molar-refractivity contribution in [2.45, 2.75) is 12.5 Å². The van der Waals surface area contributed by atoms with E-state index in [2.05, 4.69) is 45.9 Å². The minimum atomic E-state index is 0.433. The van der Waals surface area contributed by atoms with Gasteiger partial charge in [0.15, 0.2) is 0 Å². The molecule has 1 heterocycles. The molecular weight excluding hydrogens is 281 g/mol. The van der Waals surface area contributed by atoms with Crippen LogP contribution in [-0.4, -0.2) is 7.05 Å². The average Bonchev–Trinajstić information content (AvgIpc) is 2.47. The highest BCUT2D eigenvalue weighted by atomic mass is 127. The van der Waals surface area contributed by atoms with Crippen LogP contribution in [-0.2, 0) is 0 Å². The van der Waals surface area contributed by atoms with E-state index in [0.29, 0.717) is 6.04 Å². The van der Waals surface area contributed by atoms with Crippen LogP contribution in [0.1, 0.15) is 18.0 Å². The zero-order valence-electron chi connectivity index (χ0n) is 7.01. The van der Waals surface area contributed by atoms with E-state index < -0.39 is 0 Å². The number of hydrogen-bond acceptors (Lipinski definition) is 2. The lowest BCUT2D eigenvalue weighted by atomic mass is 10.1. The Labute approximate surface area is 91.0 Å². The second-order valence-electron chi connectivity index (χ2n) is 2.55. The van der Waals surface area contributed by atoms with E-state index in [9.17, 15) is 0 Å². The van der Waals surface area contributed by atoms with Crippen LogP contribution < -0.4 is 5.32 Å². The van der Waals surface area contributed by atoms with Gasteiger partial charge in [-0.15, -0.1) is 17.9 Å². The van der Waals surface area contributed by atoms with Crippen LogP contribution >= 0.6 is 33.9 Å². The first-order valence-corrected chi connectivity index (χ1v) is 5.76. The second-order valence-corrected chi connectivity index (χ2v) is 5.36. The third-order valence-electron chi connectivity index (χ3n) is 1.74. The highest BCUT2D eigenvalue weighted by molar-refractivity contribution is 14.1. The molecule has 0 aromatic carbocycles. The molecule has 1 nitrogen and oxygen atoms in total. The zero-order valence-corrected chi connectivity index (χ0v) is 9.98. The Morgan fingerprint density at radius 1 is 1.83 bits per heavy atom. The number of thiophene rings is 1. The van der Waals surface area contributed by atoms with Gasteiger partial charge in [0.25, 0.3) is 0 Å². The van der Waals surface area contributed by atoms with Crippen molar-refractivity contribution in [2.75, 3.05) is 7.05 Å². The second kappa shape index (κ2) is 4.99. The minimum Gasteiger partial charge on any atom is -0.313 e. The van der Waals surface area contributed by atoms with Gasteiger partial charge in [0.05, 0.1) is 2.88 Å². The summed E-state index contributed by atoms with van der Waals surface area (Å²) in [6.07, 6.45) is 2.94. The fraction of sp³-hybridized carbons (Fsp3) is 0.333. The van der Waals surface area contributed by atoms with Gasteiger partial charge in [-0.2, -0.15) is 0 Å². The van der Waals surface area contributed by atoms with Gasteiger partial charge in [0, 0.05) is 6.04 Å². The largest absolute Gasteiger partial charge is 0.313 e. The van der Waals surface area contributed by atoms with Gasteiger partial charge >= 0.3 is 0 Å². The monoisotopic (exact) mass is 293 g/mol. The Morgan fingerprint density at radius 2 is 2.58 bits per heavy atom. The summed E-state index contributed by atoms with van der Waals surface area (Å²) in [6, 6.07) is 2.65. The molecule has 66 valence electrons. The van der Waals surface area contributed by atoms with E-state index in [1.807, 2.05) is 13.1 Å². The fourth-order valence-electron chi connectivity index (χ4n) is 1.09. The number of rotatable bonds is 4. The summed E-state index contributed by atoms with van der Waals surface area (Å²) in [6.45, 7) is 3.74. The van der Waals surface area contributed by atoms with Crippen LogP contribution in [0.25, 0.3) is 0 Å². The van der Waals surface area contributed by atoms with Crippen molar-refractivity contribution >= 4 is 33.9 Å². The van der Waals surface area contributed by atoms with E-state index in [1.54, 1.807) is 11.3 Å². The van der Waals surface area contributed by atoms with Crippen molar-refractivity contribution in [2.24, 2.45) is 0 Å². The summed E-state index contributed by atoms with van der Waals surface area (Å²) in [5.74, 6) is 0. The molecule has 1 atom stereocenters. The van der Waals surface area contributed by atoms with Crippen molar-refractivity contribution < 1.29 is 0 Å². The summed E-state index contributed by atoms with van der Waals surface area (Å²) in [7, 11) is 1.98. The molecule has 0 spiro atoms. The van der Waals surface area contributed by atoms with Gasteiger partial charge in [-0.1, -0.05) is 6.08 Å². The van der Waals surface area contributed by atoms with Gasteiger partial charge in [0.2, 0.25) is 0 Å². The normalized spacial score (nSPS) is 12.8. The molecule has 1 N–H and O–H groups in total. The summed E-state index contributed by atoms with van der Waals surface area (Å²) in [5, 5.41) is 5.47. The van der Waals surface area contributed by atoms with E-state index in [4.69, 9.17) is 0 Å². The van der Waals surface area contributed by atoms with Gasteiger partial charge < -0.3 is 5.32 Å². The third-order valence-corrected chi connectivity index (χ3v) is 3.55. The van der Waals surface area contributed by atoms with Crippen molar-refractivity contribution in [3.63, 3.8) is 0 Å². The molecule has 1 rings (SSSR count). The molecule has 12 heavy (non-hydrogen) atoms. The van der Waals surface area contributed by atoms with E-state index in [-0.39, 0.29) is 0 Å². The summed E-state index contributed by atoms with van der Waals surface area (Å²) < 4.78 is 1.34. The number of halogens is 1.